The Hall–Kier alpha value is -2.39. The van der Waals surface area contributed by atoms with Crippen LogP contribution in [0, 0.1) is 0 Å². The molecule has 2 amide bonds. The minimum atomic E-state index is -0.544. The number of aromatic nitrogens is 1. The Kier molecular flexibility index (Phi) is 9.67. The van der Waals surface area contributed by atoms with E-state index in [9.17, 15) is 9.59 Å². The molecule has 3 rings (SSSR count). The maximum absolute atomic E-state index is 12.4. The van der Waals surface area contributed by atoms with Gasteiger partial charge in [0.2, 0.25) is 0 Å². The number of nitrogens with zero attached hydrogens (tertiary/aromatic N) is 1. The molecule has 2 aromatic rings. The molecular weight excluding hydrogens is 407 g/mol. The first-order valence-electron chi connectivity index (χ1n) is 8.25. The number of nitrogens with one attached hydrogen (secondary N) is 3. The van der Waals surface area contributed by atoms with Gasteiger partial charge in [0.15, 0.2) is 5.75 Å². The summed E-state index contributed by atoms with van der Waals surface area (Å²) in [6, 6.07) is 10.2. The molecule has 1 aliphatic heterocycles. The normalized spacial score (nSPS) is 15.4. The monoisotopic (exact) mass is 428 g/mol. The van der Waals surface area contributed by atoms with E-state index in [4.69, 9.17) is 9.47 Å². The summed E-state index contributed by atoms with van der Waals surface area (Å²) in [5, 5.41) is 8.45. The van der Waals surface area contributed by atoms with Crippen molar-refractivity contribution in [1.29, 1.82) is 0 Å². The predicted octanol–water partition coefficient (Wildman–Crippen LogP) is 2.00. The van der Waals surface area contributed by atoms with Crippen molar-refractivity contribution in [2.24, 2.45) is 0 Å². The zero-order valence-corrected chi connectivity index (χ0v) is 16.8. The van der Waals surface area contributed by atoms with E-state index in [1.165, 1.54) is 19.3 Å². The van der Waals surface area contributed by atoms with Crippen LogP contribution >= 0.6 is 24.8 Å². The van der Waals surface area contributed by atoms with Gasteiger partial charge < -0.3 is 25.4 Å². The molecule has 1 atom stereocenters. The number of hydrogen-bond donors (Lipinski definition) is 3. The summed E-state index contributed by atoms with van der Waals surface area (Å²) < 4.78 is 11.3. The van der Waals surface area contributed by atoms with Crippen LogP contribution in [0.3, 0.4) is 0 Å². The highest BCUT2D eigenvalue weighted by Crippen LogP contribution is 2.29. The lowest BCUT2D eigenvalue weighted by Crippen LogP contribution is -2.45. The van der Waals surface area contributed by atoms with E-state index in [1.807, 2.05) is 0 Å². The zero-order chi connectivity index (χ0) is 18.4. The third-order valence-corrected chi connectivity index (χ3v) is 3.78. The topological polar surface area (TPSA) is 102 Å². The number of carbonyl (C=O) groups is 2. The molecule has 0 bridgehead atoms. The van der Waals surface area contributed by atoms with Crippen LogP contribution < -0.4 is 20.7 Å². The molecule has 28 heavy (non-hydrogen) atoms. The second-order valence-electron chi connectivity index (χ2n) is 5.61. The van der Waals surface area contributed by atoms with Crippen LogP contribution in [0.1, 0.15) is 10.5 Å². The smallest absolute Gasteiger partial charge is 0.269 e. The van der Waals surface area contributed by atoms with Crippen molar-refractivity contribution in [3.63, 3.8) is 0 Å². The van der Waals surface area contributed by atoms with E-state index < -0.39 is 6.10 Å². The van der Waals surface area contributed by atoms with Crippen LogP contribution in [0.25, 0.3) is 0 Å². The third kappa shape index (κ3) is 6.07. The molecular formula is C18H22Cl2N4O4. The molecule has 8 nitrogen and oxygen atoms in total. The summed E-state index contributed by atoms with van der Waals surface area (Å²) in [5.74, 6) is 0.350. The fourth-order valence-electron chi connectivity index (χ4n) is 2.46. The Balaban J connectivity index is 0.00000196. The van der Waals surface area contributed by atoms with Gasteiger partial charge in [-0.2, -0.15) is 0 Å². The number of hydrogen-bond acceptors (Lipinski definition) is 6. The first kappa shape index (κ1) is 23.6. The summed E-state index contributed by atoms with van der Waals surface area (Å²) >= 11 is 0. The summed E-state index contributed by atoms with van der Waals surface area (Å²) in [7, 11) is 1.53. The van der Waals surface area contributed by atoms with E-state index >= 15 is 0 Å². The van der Waals surface area contributed by atoms with Crippen molar-refractivity contribution in [1.82, 2.24) is 15.6 Å². The average molecular weight is 429 g/mol. The molecule has 3 N–H and O–H groups in total. The number of halogens is 2. The Morgan fingerprint density at radius 3 is 2.75 bits per heavy atom. The van der Waals surface area contributed by atoms with Gasteiger partial charge in [0.1, 0.15) is 17.5 Å². The second kappa shape index (κ2) is 11.5. The summed E-state index contributed by atoms with van der Waals surface area (Å²) in [4.78, 5) is 28.1. The fraction of sp³-hybridized carbons (Fsp3) is 0.278. The SMILES string of the molecule is CNC(=O)c1cc(Oc2ccccc2NC(=O)C2CNCCO2)ccn1.Cl.Cl. The molecule has 1 fully saturated rings. The lowest BCUT2D eigenvalue weighted by atomic mass is 10.2. The second-order valence-corrected chi connectivity index (χ2v) is 5.61. The van der Waals surface area contributed by atoms with Gasteiger partial charge in [-0.05, 0) is 18.2 Å². The van der Waals surface area contributed by atoms with Gasteiger partial charge in [0.25, 0.3) is 11.8 Å². The van der Waals surface area contributed by atoms with Gasteiger partial charge in [-0.25, -0.2) is 0 Å². The number of pyridine rings is 1. The number of benzene rings is 1. The molecule has 1 unspecified atom stereocenters. The third-order valence-electron chi connectivity index (χ3n) is 3.78. The fourth-order valence-corrected chi connectivity index (χ4v) is 2.46. The van der Waals surface area contributed by atoms with Crippen LogP contribution in [0.4, 0.5) is 5.69 Å². The molecule has 0 spiro atoms. The van der Waals surface area contributed by atoms with Crippen LogP contribution in [0.15, 0.2) is 42.6 Å². The van der Waals surface area contributed by atoms with Gasteiger partial charge in [-0.15, -0.1) is 24.8 Å². The van der Waals surface area contributed by atoms with E-state index in [2.05, 4.69) is 20.9 Å². The molecule has 1 saturated heterocycles. The highest BCUT2D eigenvalue weighted by molar-refractivity contribution is 5.96. The van der Waals surface area contributed by atoms with Crippen molar-refractivity contribution in [3.8, 4) is 11.5 Å². The van der Waals surface area contributed by atoms with Crippen LogP contribution in [0.2, 0.25) is 0 Å². The molecule has 0 radical (unpaired) electrons. The maximum atomic E-state index is 12.4. The maximum Gasteiger partial charge on any atom is 0.269 e. The highest BCUT2D eigenvalue weighted by atomic mass is 35.5. The predicted molar refractivity (Wildman–Crippen MR) is 110 cm³/mol. The minimum Gasteiger partial charge on any atom is -0.455 e. The lowest BCUT2D eigenvalue weighted by molar-refractivity contribution is -0.128. The van der Waals surface area contributed by atoms with E-state index in [0.717, 1.165) is 6.54 Å². The molecule has 1 aromatic carbocycles. The molecule has 10 heteroatoms. The largest absolute Gasteiger partial charge is 0.455 e. The van der Waals surface area contributed by atoms with Crippen molar-refractivity contribution < 1.29 is 19.1 Å². The number of ether oxygens (including phenoxy) is 2. The first-order chi connectivity index (χ1) is 12.7. The van der Waals surface area contributed by atoms with Gasteiger partial charge in [0, 0.05) is 32.4 Å². The summed E-state index contributed by atoms with van der Waals surface area (Å²) in [6.45, 7) is 1.70. The van der Waals surface area contributed by atoms with Crippen molar-refractivity contribution in [2.75, 3.05) is 32.1 Å². The van der Waals surface area contributed by atoms with Gasteiger partial charge in [0.05, 0.1) is 12.3 Å². The molecule has 0 saturated carbocycles. The van der Waals surface area contributed by atoms with E-state index in [-0.39, 0.29) is 42.3 Å². The van der Waals surface area contributed by atoms with Crippen molar-refractivity contribution >= 4 is 42.3 Å². The first-order valence-corrected chi connectivity index (χ1v) is 8.25. The number of para-hydroxylation sites is 2. The van der Waals surface area contributed by atoms with Crippen molar-refractivity contribution in [3.05, 3.63) is 48.3 Å². The van der Waals surface area contributed by atoms with Gasteiger partial charge in [-0.3, -0.25) is 14.6 Å². The number of morpholine rings is 1. The summed E-state index contributed by atoms with van der Waals surface area (Å²) in [6.07, 6.45) is 0.945. The lowest BCUT2D eigenvalue weighted by Gasteiger charge is -2.23. The molecule has 2 heterocycles. The van der Waals surface area contributed by atoms with Crippen LogP contribution in [-0.2, 0) is 9.53 Å². The highest BCUT2D eigenvalue weighted by Gasteiger charge is 2.22. The van der Waals surface area contributed by atoms with Gasteiger partial charge in [-0.1, -0.05) is 12.1 Å². The Labute approximate surface area is 175 Å². The average Bonchev–Trinajstić information content (AvgIpc) is 2.69. The molecule has 152 valence electrons. The van der Waals surface area contributed by atoms with Gasteiger partial charge >= 0.3 is 0 Å². The Morgan fingerprint density at radius 1 is 1.25 bits per heavy atom. The zero-order valence-electron chi connectivity index (χ0n) is 15.1. The Bertz CT molecular complexity index is 801. The van der Waals surface area contributed by atoms with Crippen molar-refractivity contribution in [2.45, 2.75) is 6.10 Å². The molecule has 1 aliphatic rings. The minimum absolute atomic E-state index is 0. The van der Waals surface area contributed by atoms with E-state index in [0.29, 0.717) is 30.3 Å². The molecule has 1 aromatic heterocycles. The Morgan fingerprint density at radius 2 is 2.04 bits per heavy atom. The number of carbonyl (C=O) groups excluding carboxylic acids is 2. The van der Waals surface area contributed by atoms with Crippen LogP contribution in [-0.4, -0.2) is 49.6 Å². The number of amides is 2. The number of rotatable bonds is 5. The summed E-state index contributed by atoms with van der Waals surface area (Å²) in [5.41, 5.74) is 0.762. The quantitative estimate of drug-likeness (QED) is 0.672. The van der Waals surface area contributed by atoms with E-state index in [1.54, 1.807) is 30.3 Å². The number of anilines is 1. The molecule has 0 aliphatic carbocycles. The standard InChI is InChI=1S/C18H20N4O4.2ClH/c1-19-17(23)14-10-12(6-7-21-14)26-15-5-3-2-4-13(15)22-18(24)16-11-20-8-9-25-16;;/h2-7,10,16,20H,8-9,11H2,1H3,(H,19,23)(H,22,24);2*1H. The van der Waals surface area contributed by atoms with Crippen LogP contribution in [0.5, 0.6) is 11.5 Å².